The highest BCUT2D eigenvalue weighted by Gasteiger charge is 2.29. The van der Waals surface area contributed by atoms with Crippen LogP contribution in [0.4, 0.5) is 5.00 Å². The van der Waals surface area contributed by atoms with Gasteiger partial charge in [0.05, 0.1) is 16.9 Å². The number of hydrogen-bond donors (Lipinski definition) is 1. The molecule has 0 radical (unpaired) electrons. The maximum atomic E-state index is 12.2. The SMILES string of the molecule is CCc1ncsc1NC(=O)[C@H]1CC(c2cccnc2)=NO1. The van der Waals surface area contributed by atoms with Crippen LogP contribution in [0.2, 0.25) is 0 Å². The summed E-state index contributed by atoms with van der Waals surface area (Å²) in [5, 5.41) is 7.62. The largest absolute Gasteiger partial charge is 0.382 e. The van der Waals surface area contributed by atoms with Gasteiger partial charge >= 0.3 is 0 Å². The topological polar surface area (TPSA) is 76.5 Å². The van der Waals surface area contributed by atoms with Crippen LogP contribution in [0.3, 0.4) is 0 Å². The predicted molar refractivity (Wildman–Crippen MR) is 80.4 cm³/mol. The number of rotatable bonds is 4. The Morgan fingerprint density at radius 2 is 2.48 bits per heavy atom. The zero-order chi connectivity index (χ0) is 14.7. The van der Waals surface area contributed by atoms with Crippen LogP contribution >= 0.6 is 11.3 Å². The smallest absolute Gasteiger partial charge is 0.269 e. The molecule has 0 aromatic carbocycles. The first kappa shape index (κ1) is 13.7. The molecule has 2 aromatic rings. The molecule has 0 bridgehead atoms. The van der Waals surface area contributed by atoms with Crippen LogP contribution in [0.15, 0.2) is 35.2 Å². The number of pyridine rings is 1. The van der Waals surface area contributed by atoms with Gasteiger partial charge in [0, 0.05) is 24.4 Å². The summed E-state index contributed by atoms with van der Waals surface area (Å²) in [7, 11) is 0. The number of thiazole rings is 1. The fourth-order valence-electron chi connectivity index (χ4n) is 2.04. The van der Waals surface area contributed by atoms with Gasteiger partial charge in [-0.3, -0.25) is 9.78 Å². The molecule has 1 aliphatic heterocycles. The molecule has 6 nitrogen and oxygen atoms in total. The summed E-state index contributed by atoms with van der Waals surface area (Å²) in [6.45, 7) is 2.00. The average molecular weight is 302 g/mol. The second kappa shape index (κ2) is 6.01. The lowest BCUT2D eigenvalue weighted by atomic mass is 10.1. The first-order chi connectivity index (χ1) is 10.3. The summed E-state index contributed by atoms with van der Waals surface area (Å²) in [6.07, 6.45) is 4.02. The monoisotopic (exact) mass is 302 g/mol. The van der Waals surface area contributed by atoms with E-state index in [2.05, 4.69) is 20.4 Å². The van der Waals surface area contributed by atoms with Gasteiger partial charge in [-0.25, -0.2) is 4.98 Å². The van der Waals surface area contributed by atoms with Crippen LogP contribution < -0.4 is 5.32 Å². The Morgan fingerprint density at radius 3 is 3.24 bits per heavy atom. The summed E-state index contributed by atoms with van der Waals surface area (Å²) in [5.74, 6) is -0.198. The summed E-state index contributed by atoms with van der Waals surface area (Å²) < 4.78 is 0. The first-order valence-corrected chi connectivity index (χ1v) is 7.52. The van der Waals surface area contributed by atoms with E-state index in [4.69, 9.17) is 4.84 Å². The summed E-state index contributed by atoms with van der Waals surface area (Å²) in [6, 6.07) is 3.73. The van der Waals surface area contributed by atoms with Gasteiger partial charge in [0.15, 0.2) is 0 Å². The highest BCUT2D eigenvalue weighted by molar-refractivity contribution is 7.14. The van der Waals surface area contributed by atoms with Crippen LogP contribution in [-0.2, 0) is 16.1 Å². The van der Waals surface area contributed by atoms with E-state index < -0.39 is 6.10 Å². The van der Waals surface area contributed by atoms with Gasteiger partial charge < -0.3 is 10.2 Å². The van der Waals surface area contributed by atoms with E-state index in [0.717, 1.165) is 28.4 Å². The molecular formula is C14H14N4O2S. The van der Waals surface area contributed by atoms with Crippen molar-refractivity contribution in [1.82, 2.24) is 9.97 Å². The molecule has 1 aliphatic rings. The number of aromatic nitrogens is 2. The van der Waals surface area contributed by atoms with Gasteiger partial charge in [0.2, 0.25) is 6.10 Å². The van der Waals surface area contributed by atoms with E-state index in [1.165, 1.54) is 11.3 Å². The third-order valence-corrected chi connectivity index (χ3v) is 3.95. The maximum absolute atomic E-state index is 12.2. The fourth-order valence-corrected chi connectivity index (χ4v) is 2.82. The molecule has 3 heterocycles. The number of oxime groups is 1. The van der Waals surface area contributed by atoms with E-state index in [-0.39, 0.29) is 5.91 Å². The molecule has 2 aromatic heterocycles. The molecule has 0 saturated carbocycles. The highest BCUT2D eigenvalue weighted by Crippen LogP contribution is 2.23. The molecule has 21 heavy (non-hydrogen) atoms. The van der Waals surface area contributed by atoms with Crippen molar-refractivity contribution in [3.8, 4) is 0 Å². The molecule has 0 saturated heterocycles. The first-order valence-electron chi connectivity index (χ1n) is 6.64. The second-order valence-electron chi connectivity index (χ2n) is 4.55. The number of nitrogens with zero attached hydrogens (tertiary/aromatic N) is 3. The Bertz CT molecular complexity index is 669. The molecule has 108 valence electrons. The highest BCUT2D eigenvalue weighted by atomic mass is 32.1. The van der Waals surface area contributed by atoms with Gasteiger partial charge in [-0.05, 0) is 18.6 Å². The molecule has 0 fully saturated rings. The molecule has 0 unspecified atom stereocenters. The Kier molecular flexibility index (Phi) is 3.92. The van der Waals surface area contributed by atoms with Gasteiger partial charge in [-0.1, -0.05) is 12.1 Å². The van der Waals surface area contributed by atoms with Crippen LogP contribution in [0.25, 0.3) is 0 Å². The van der Waals surface area contributed by atoms with Crippen molar-refractivity contribution in [2.24, 2.45) is 5.16 Å². The standard InChI is InChI=1S/C14H14N4O2S/c1-2-10-14(21-8-16-10)17-13(19)12-6-11(18-20-12)9-4-3-5-15-7-9/h3-5,7-8,12H,2,6H2,1H3,(H,17,19)/t12-/m1/s1. The summed E-state index contributed by atoms with van der Waals surface area (Å²) >= 11 is 1.41. The number of hydrogen-bond acceptors (Lipinski definition) is 6. The van der Waals surface area contributed by atoms with Crippen molar-refractivity contribution < 1.29 is 9.63 Å². The van der Waals surface area contributed by atoms with Crippen molar-refractivity contribution >= 4 is 28.0 Å². The number of aryl methyl sites for hydroxylation is 1. The molecule has 0 aliphatic carbocycles. The van der Waals surface area contributed by atoms with Crippen molar-refractivity contribution in [2.45, 2.75) is 25.9 Å². The normalized spacial score (nSPS) is 17.2. The Hall–Kier alpha value is -2.28. The summed E-state index contributed by atoms with van der Waals surface area (Å²) in [5.41, 5.74) is 4.23. The van der Waals surface area contributed by atoms with Gasteiger partial charge in [-0.2, -0.15) is 0 Å². The van der Waals surface area contributed by atoms with Gasteiger partial charge in [0.25, 0.3) is 5.91 Å². The van der Waals surface area contributed by atoms with Crippen LogP contribution in [-0.4, -0.2) is 27.7 Å². The molecule has 1 atom stereocenters. The molecule has 1 amide bonds. The van der Waals surface area contributed by atoms with E-state index in [1.807, 2.05) is 19.1 Å². The predicted octanol–water partition coefficient (Wildman–Crippen LogP) is 2.23. The Morgan fingerprint density at radius 1 is 1.57 bits per heavy atom. The average Bonchev–Trinajstić information content (AvgIpc) is 3.17. The van der Waals surface area contributed by atoms with Crippen molar-refractivity contribution in [3.05, 3.63) is 41.3 Å². The maximum Gasteiger partial charge on any atom is 0.269 e. The minimum absolute atomic E-state index is 0.198. The molecule has 1 N–H and O–H groups in total. The Balaban J connectivity index is 1.64. The van der Waals surface area contributed by atoms with Crippen LogP contribution in [0.5, 0.6) is 0 Å². The molecule has 3 rings (SSSR count). The lowest BCUT2D eigenvalue weighted by Gasteiger charge is -2.08. The quantitative estimate of drug-likeness (QED) is 0.939. The Labute approximate surface area is 125 Å². The van der Waals surface area contributed by atoms with Crippen LogP contribution in [0.1, 0.15) is 24.6 Å². The lowest BCUT2D eigenvalue weighted by molar-refractivity contribution is -0.125. The number of anilines is 1. The number of carbonyl (C=O) groups is 1. The van der Waals surface area contributed by atoms with Crippen molar-refractivity contribution in [1.29, 1.82) is 0 Å². The van der Waals surface area contributed by atoms with Crippen LogP contribution in [0, 0.1) is 0 Å². The zero-order valence-corrected chi connectivity index (χ0v) is 12.3. The van der Waals surface area contributed by atoms with E-state index >= 15 is 0 Å². The molecular weight excluding hydrogens is 288 g/mol. The summed E-state index contributed by atoms with van der Waals surface area (Å²) in [4.78, 5) is 25.7. The third-order valence-electron chi connectivity index (χ3n) is 3.17. The van der Waals surface area contributed by atoms with E-state index in [0.29, 0.717) is 6.42 Å². The molecule has 0 spiro atoms. The van der Waals surface area contributed by atoms with Gasteiger partial charge in [-0.15, -0.1) is 11.3 Å². The lowest BCUT2D eigenvalue weighted by Crippen LogP contribution is -2.28. The number of carbonyl (C=O) groups excluding carboxylic acids is 1. The van der Waals surface area contributed by atoms with Crippen molar-refractivity contribution in [3.63, 3.8) is 0 Å². The molecule has 7 heteroatoms. The van der Waals surface area contributed by atoms with E-state index in [9.17, 15) is 4.79 Å². The zero-order valence-electron chi connectivity index (χ0n) is 11.4. The number of nitrogens with one attached hydrogen (secondary N) is 1. The fraction of sp³-hybridized carbons (Fsp3) is 0.286. The number of amides is 1. The third kappa shape index (κ3) is 2.92. The van der Waals surface area contributed by atoms with Crippen molar-refractivity contribution in [2.75, 3.05) is 5.32 Å². The van der Waals surface area contributed by atoms with Gasteiger partial charge in [0.1, 0.15) is 5.00 Å². The minimum atomic E-state index is -0.605. The van der Waals surface area contributed by atoms with E-state index in [1.54, 1.807) is 17.9 Å². The second-order valence-corrected chi connectivity index (χ2v) is 5.40. The minimum Gasteiger partial charge on any atom is -0.382 e.